The molecule has 0 unspecified atom stereocenters. The van der Waals surface area contributed by atoms with E-state index in [0.29, 0.717) is 10.5 Å². The summed E-state index contributed by atoms with van der Waals surface area (Å²) < 4.78 is 1.43. The molecule has 0 radical (unpaired) electrons. The van der Waals surface area contributed by atoms with Crippen molar-refractivity contribution < 1.29 is 4.79 Å². The minimum Gasteiger partial charge on any atom is -0.315 e. The van der Waals surface area contributed by atoms with E-state index in [4.69, 9.17) is 0 Å². The molecule has 0 aliphatic heterocycles. The third-order valence-corrected chi connectivity index (χ3v) is 3.71. The predicted octanol–water partition coefficient (Wildman–Crippen LogP) is 2.32. The van der Waals surface area contributed by atoms with E-state index in [9.17, 15) is 9.59 Å². The van der Waals surface area contributed by atoms with Gasteiger partial charge >= 0.3 is 0 Å². The Kier molecular flexibility index (Phi) is 3.08. The SMILES string of the molecule is Cc1ccc2ncc(NC(=O)c3cccs3)c(=O)n2c1. The number of aryl methyl sites for hydroxylation is 1. The summed E-state index contributed by atoms with van der Waals surface area (Å²) in [6.45, 7) is 1.89. The molecule has 3 rings (SSSR count). The summed E-state index contributed by atoms with van der Waals surface area (Å²) >= 11 is 1.32. The van der Waals surface area contributed by atoms with Crippen LogP contribution < -0.4 is 10.9 Å². The molecule has 20 heavy (non-hydrogen) atoms. The molecule has 3 aromatic rings. The summed E-state index contributed by atoms with van der Waals surface area (Å²) in [6.07, 6.45) is 3.09. The van der Waals surface area contributed by atoms with Gasteiger partial charge in [-0.15, -0.1) is 11.3 Å². The van der Waals surface area contributed by atoms with Crippen LogP contribution in [0.5, 0.6) is 0 Å². The quantitative estimate of drug-likeness (QED) is 0.786. The lowest BCUT2D eigenvalue weighted by molar-refractivity contribution is 0.103. The van der Waals surface area contributed by atoms with E-state index < -0.39 is 0 Å². The second kappa shape index (κ2) is 4.90. The van der Waals surface area contributed by atoms with Crippen molar-refractivity contribution in [1.29, 1.82) is 0 Å². The van der Waals surface area contributed by atoms with E-state index in [1.807, 2.05) is 18.4 Å². The van der Waals surface area contributed by atoms with Gasteiger partial charge in [0.05, 0.1) is 11.1 Å². The first-order chi connectivity index (χ1) is 9.65. The number of aromatic nitrogens is 2. The molecular formula is C14H11N3O2S. The Balaban J connectivity index is 2.02. The first-order valence-electron chi connectivity index (χ1n) is 5.98. The predicted molar refractivity (Wildman–Crippen MR) is 78.5 cm³/mol. The summed E-state index contributed by atoms with van der Waals surface area (Å²) in [6, 6.07) is 7.14. The van der Waals surface area contributed by atoms with Gasteiger partial charge in [0.2, 0.25) is 0 Å². The van der Waals surface area contributed by atoms with Crippen LogP contribution in [0, 0.1) is 6.92 Å². The number of fused-ring (bicyclic) bond motifs is 1. The maximum atomic E-state index is 12.3. The fraction of sp³-hybridized carbons (Fsp3) is 0.0714. The van der Waals surface area contributed by atoms with E-state index in [-0.39, 0.29) is 17.2 Å². The van der Waals surface area contributed by atoms with Crippen LogP contribution in [0.1, 0.15) is 15.2 Å². The Morgan fingerprint density at radius 2 is 2.20 bits per heavy atom. The number of anilines is 1. The highest BCUT2D eigenvalue weighted by atomic mass is 32.1. The first kappa shape index (κ1) is 12.6. The lowest BCUT2D eigenvalue weighted by Crippen LogP contribution is -2.22. The fourth-order valence-electron chi connectivity index (χ4n) is 1.86. The summed E-state index contributed by atoms with van der Waals surface area (Å²) in [4.78, 5) is 29.0. The molecule has 0 aliphatic rings. The van der Waals surface area contributed by atoms with Gasteiger partial charge in [-0.25, -0.2) is 4.98 Å². The van der Waals surface area contributed by atoms with Gasteiger partial charge in [0.25, 0.3) is 11.5 Å². The monoisotopic (exact) mass is 285 g/mol. The van der Waals surface area contributed by atoms with Crippen LogP contribution in [0.2, 0.25) is 0 Å². The minimum atomic E-state index is -0.300. The summed E-state index contributed by atoms with van der Waals surface area (Å²) in [5.74, 6) is -0.300. The topological polar surface area (TPSA) is 63.5 Å². The molecule has 3 aromatic heterocycles. The molecule has 6 heteroatoms. The maximum absolute atomic E-state index is 12.3. The number of amides is 1. The first-order valence-corrected chi connectivity index (χ1v) is 6.86. The molecule has 3 heterocycles. The molecule has 1 amide bonds. The van der Waals surface area contributed by atoms with Crippen LogP contribution in [0.15, 0.2) is 46.8 Å². The Bertz CT molecular complexity index is 837. The molecule has 0 saturated heterocycles. The maximum Gasteiger partial charge on any atom is 0.281 e. The van der Waals surface area contributed by atoms with Crippen molar-refractivity contribution in [3.8, 4) is 0 Å². The van der Waals surface area contributed by atoms with Crippen molar-refractivity contribution in [1.82, 2.24) is 9.38 Å². The zero-order valence-corrected chi connectivity index (χ0v) is 11.5. The number of thiophene rings is 1. The van der Waals surface area contributed by atoms with Gasteiger partial charge in [0.1, 0.15) is 11.3 Å². The molecule has 5 nitrogen and oxygen atoms in total. The van der Waals surface area contributed by atoms with Crippen LogP contribution in [0.4, 0.5) is 5.69 Å². The number of nitrogens with zero attached hydrogens (tertiary/aromatic N) is 2. The van der Waals surface area contributed by atoms with Crippen LogP contribution >= 0.6 is 11.3 Å². The van der Waals surface area contributed by atoms with Crippen LogP contribution in [-0.2, 0) is 0 Å². The van der Waals surface area contributed by atoms with Crippen molar-refractivity contribution in [2.45, 2.75) is 6.92 Å². The molecule has 0 spiro atoms. The Morgan fingerprint density at radius 3 is 2.95 bits per heavy atom. The zero-order valence-electron chi connectivity index (χ0n) is 10.7. The lowest BCUT2D eigenvalue weighted by atomic mass is 10.3. The van der Waals surface area contributed by atoms with Gasteiger partial charge in [0, 0.05) is 6.20 Å². The average molecular weight is 285 g/mol. The number of hydrogen-bond acceptors (Lipinski definition) is 4. The average Bonchev–Trinajstić information content (AvgIpc) is 2.96. The summed E-state index contributed by atoms with van der Waals surface area (Å²) in [5.41, 5.74) is 1.38. The number of hydrogen-bond donors (Lipinski definition) is 1. The third kappa shape index (κ3) is 2.21. The highest BCUT2D eigenvalue weighted by Gasteiger charge is 2.11. The fourth-order valence-corrected chi connectivity index (χ4v) is 2.48. The van der Waals surface area contributed by atoms with Gasteiger partial charge in [0.15, 0.2) is 0 Å². The van der Waals surface area contributed by atoms with Crippen molar-refractivity contribution >= 4 is 28.6 Å². The molecule has 100 valence electrons. The van der Waals surface area contributed by atoms with Crippen LogP contribution in [0.25, 0.3) is 5.65 Å². The van der Waals surface area contributed by atoms with E-state index in [2.05, 4.69) is 10.3 Å². The smallest absolute Gasteiger partial charge is 0.281 e. The second-order valence-electron chi connectivity index (χ2n) is 4.34. The van der Waals surface area contributed by atoms with Crippen LogP contribution in [-0.4, -0.2) is 15.3 Å². The Hall–Kier alpha value is -2.47. The van der Waals surface area contributed by atoms with Crippen molar-refractivity contribution in [3.05, 3.63) is 62.8 Å². The zero-order chi connectivity index (χ0) is 14.1. The van der Waals surface area contributed by atoms with Crippen molar-refractivity contribution in [3.63, 3.8) is 0 Å². The van der Waals surface area contributed by atoms with E-state index in [0.717, 1.165) is 5.56 Å². The third-order valence-electron chi connectivity index (χ3n) is 2.84. The van der Waals surface area contributed by atoms with E-state index >= 15 is 0 Å². The minimum absolute atomic E-state index is 0.173. The highest BCUT2D eigenvalue weighted by Crippen LogP contribution is 2.11. The van der Waals surface area contributed by atoms with E-state index in [1.54, 1.807) is 24.4 Å². The number of rotatable bonds is 2. The molecule has 0 aliphatic carbocycles. The molecule has 0 bridgehead atoms. The molecule has 0 atom stereocenters. The number of carbonyl (C=O) groups excluding carboxylic acids is 1. The van der Waals surface area contributed by atoms with Crippen molar-refractivity contribution in [2.24, 2.45) is 0 Å². The molecule has 0 aromatic carbocycles. The largest absolute Gasteiger partial charge is 0.315 e. The van der Waals surface area contributed by atoms with Gasteiger partial charge in [-0.1, -0.05) is 12.1 Å². The standard InChI is InChI=1S/C14H11N3O2S/c1-9-4-5-12-15-7-10(14(19)17(12)8-9)16-13(18)11-3-2-6-20-11/h2-8H,1H3,(H,16,18). The van der Waals surface area contributed by atoms with Crippen LogP contribution in [0.3, 0.4) is 0 Å². The molecule has 0 fully saturated rings. The summed E-state index contributed by atoms with van der Waals surface area (Å²) in [5, 5.41) is 4.41. The van der Waals surface area contributed by atoms with Gasteiger partial charge in [-0.3, -0.25) is 14.0 Å². The number of nitrogens with one attached hydrogen (secondary N) is 1. The Morgan fingerprint density at radius 1 is 1.35 bits per heavy atom. The molecule has 1 N–H and O–H groups in total. The lowest BCUT2D eigenvalue weighted by Gasteiger charge is -2.06. The highest BCUT2D eigenvalue weighted by molar-refractivity contribution is 7.12. The van der Waals surface area contributed by atoms with Gasteiger partial charge in [-0.2, -0.15) is 0 Å². The molecular weight excluding hydrogens is 274 g/mol. The normalized spacial score (nSPS) is 10.7. The molecule has 0 saturated carbocycles. The number of pyridine rings is 1. The van der Waals surface area contributed by atoms with E-state index in [1.165, 1.54) is 21.9 Å². The summed E-state index contributed by atoms with van der Waals surface area (Å²) in [7, 11) is 0. The second-order valence-corrected chi connectivity index (χ2v) is 5.29. The van der Waals surface area contributed by atoms with Gasteiger partial charge < -0.3 is 5.32 Å². The van der Waals surface area contributed by atoms with Gasteiger partial charge in [-0.05, 0) is 30.0 Å². The Labute approximate surface area is 118 Å². The number of carbonyl (C=O) groups is 1. The van der Waals surface area contributed by atoms with Crippen molar-refractivity contribution in [2.75, 3.05) is 5.32 Å².